The van der Waals surface area contributed by atoms with Crippen LogP contribution in [0.3, 0.4) is 0 Å². The molecule has 5 nitrogen and oxygen atoms in total. The van der Waals surface area contributed by atoms with E-state index in [4.69, 9.17) is 10.6 Å². The number of nitrogens with one attached hydrogen (secondary N) is 1. The number of hydrogen-bond donors (Lipinski definition) is 2. The molecule has 98 valence electrons. The Labute approximate surface area is 110 Å². The van der Waals surface area contributed by atoms with Crippen molar-refractivity contribution in [2.75, 3.05) is 31.2 Å². The van der Waals surface area contributed by atoms with Gasteiger partial charge < -0.3 is 9.64 Å². The van der Waals surface area contributed by atoms with Gasteiger partial charge in [0.2, 0.25) is 0 Å². The number of hydrogen-bond acceptors (Lipinski definition) is 5. The number of carbonyl (C=O) groups excluding carboxylic acids is 1. The van der Waals surface area contributed by atoms with E-state index in [1.165, 1.54) is 17.7 Å². The molecule has 3 N–H and O–H groups in total. The third-order valence-corrected chi connectivity index (χ3v) is 4.74. The Balaban J connectivity index is 1.91. The molecule has 0 atom stereocenters. The maximum atomic E-state index is 11.8. The minimum atomic E-state index is -0.195. The average molecular weight is 267 g/mol. The number of amides is 1. The summed E-state index contributed by atoms with van der Waals surface area (Å²) in [4.78, 5) is 15.4. The third-order valence-electron chi connectivity index (χ3n) is 3.39. The van der Waals surface area contributed by atoms with Crippen molar-refractivity contribution in [3.8, 4) is 0 Å². The number of hydrazine groups is 1. The molecule has 2 aliphatic rings. The number of anilines is 1. The molecule has 18 heavy (non-hydrogen) atoms. The number of carbonyl (C=O) groups is 1. The highest BCUT2D eigenvalue weighted by atomic mass is 32.1. The zero-order valence-electron chi connectivity index (χ0n) is 10.1. The molecule has 3 rings (SSSR count). The van der Waals surface area contributed by atoms with Gasteiger partial charge in [-0.2, -0.15) is 0 Å². The number of nitrogen functional groups attached to an aromatic ring is 1. The van der Waals surface area contributed by atoms with Crippen LogP contribution in [-0.2, 0) is 4.74 Å². The fourth-order valence-electron chi connectivity index (χ4n) is 2.21. The third kappa shape index (κ3) is 2.23. The molecule has 1 aliphatic carbocycles. The lowest BCUT2D eigenvalue weighted by Crippen LogP contribution is -2.37. The van der Waals surface area contributed by atoms with Crippen molar-refractivity contribution < 1.29 is 9.53 Å². The topological polar surface area (TPSA) is 67.6 Å². The van der Waals surface area contributed by atoms with E-state index in [1.807, 2.05) is 6.07 Å². The number of nitrogens with zero attached hydrogens (tertiary/aromatic N) is 1. The van der Waals surface area contributed by atoms with Gasteiger partial charge in [-0.25, -0.2) is 5.84 Å². The minimum Gasteiger partial charge on any atom is -0.378 e. The Morgan fingerprint density at radius 3 is 2.78 bits per heavy atom. The number of rotatable bonds is 3. The van der Waals surface area contributed by atoms with Crippen LogP contribution in [0.4, 0.5) is 5.00 Å². The first-order chi connectivity index (χ1) is 8.79. The minimum absolute atomic E-state index is 0.195. The molecule has 1 saturated heterocycles. The summed E-state index contributed by atoms with van der Waals surface area (Å²) >= 11 is 1.73. The van der Waals surface area contributed by atoms with E-state index in [0.717, 1.165) is 31.3 Å². The first kappa shape index (κ1) is 12.0. The van der Waals surface area contributed by atoms with Crippen molar-refractivity contribution in [2.24, 2.45) is 5.84 Å². The van der Waals surface area contributed by atoms with Gasteiger partial charge in [0.25, 0.3) is 5.91 Å². The second kappa shape index (κ2) is 4.87. The lowest BCUT2D eigenvalue weighted by Gasteiger charge is -2.28. The Kier molecular flexibility index (Phi) is 3.23. The number of ether oxygens (including phenoxy) is 1. The van der Waals surface area contributed by atoms with Crippen LogP contribution in [0.15, 0.2) is 6.07 Å². The maximum Gasteiger partial charge on any atom is 0.268 e. The van der Waals surface area contributed by atoms with Gasteiger partial charge in [0.05, 0.1) is 18.8 Å². The number of nitrogens with two attached hydrogens (primary N) is 1. The molecule has 1 aliphatic heterocycles. The smallest absolute Gasteiger partial charge is 0.268 e. The first-order valence-electron chi connectivity index (χ1n) is 6.27. The van der Waals surface area contributed by atoms with Crippen molar-refractivity contribution >= 4 is 22.2 Å². The van der Waals surface area contributed by atoms with Gasteiger partial charge in [-0.15, -0.1) is 11.3 Å². The summed E-state index contributed by atoms with van der Waals surface area (Å²) in [6, 6.07) is 2.01. The Hall–Kier alpha value is -1.11. The molecular formula is C12H17N3O2S. The van der Waals surface area contributed by atoms with Crippen molar-refractivity contribution in [1.29, 1.82) is 0 Å². The quantitative estimate of drug-likeness (QED) is 0.488. The molecule has 1 amide bonds. The van der Waals surface area contributed by atoms with Gasteiger partial charge in [-0.3, -0.25) is 10.2 Å². The summed E-state index contributed by atoms with van der Waals surface area (Å²) in [6.07, 6.45) is 2.49. The first-order valence-corrected chi connectivity index (χ1v) is 7.08. The van der Waals surface area contributed by atoms with E-state index in [2.05, 4.69) is 10.3 Å². The van der Waals surface area contributed by atoms with Gasteiger partial charge in [0.1, 0.15) is 5.00 Å². The molecule has 1 saturated carbocycles. The Morgan fingerprint density at radius 2 is 2.17 bits per heavy atom. The van der Waals surface area contributed by atoms with Crippen molar-refractivity contribution in [1.82, 2.24) is 5.43 Å². The molecule has 0 bridgehead atoms. The van der Waals surface area contributed by atoms with Crippen molar-refractivity contribution in [3.05, 3.63) is 16.5 Å². The molecule has 2 heterocycles. The lowest BCUT2D eigenvalue weighted by atomic mass is 10.2. The molecule has 0 unspecified atom stereocenters. The average Bonchev–Trinajstić information content (AvgIpc) is 3.18. The largest absolute Gasteiger partial charge is 0.378 e. The lowest BCUT2D eigenvalue weighted by molar-refractivity contribution is 0.0952. The van der Waals surface area contributed by atoms with E-state index in [1.54, 1.807) is 11.3 Å². The van der Waals surface area contributed by atoms with Crippen molar-refractivity contribution in [3.63, 3.8) is 0 Å². The van der Waals surface area contributed by atoms with Gasteiger partial charge in [-0.05, 0) is 24.8 Å². The zero-order valence-corrected chi connectivity index (χ0v) is 11.0. The highest BCUT2D eigenvalue weighted by molar-refractivity contribution is 7.16. The van der Waals surface area contributed by atoms with Gasteiger partial charge in [0.15, 0.2) is 0 Å². The molecule has 0 aromatic carbocycles. The second-order valence-corrected chi connectivity index (χ2v) is 5.78. The predicted molar refractivity (Wildman–Crippen MR) is 71.0 cm³/mol. The Morgan fingerprint density at radius 1 is 1.44 bits per heavy atom. The molecular weight excluding hydrogens is 250 g/mol. The van der Waals surface area contributed by atoms with Crippen LogP contribution >= 0.6 is 11.3 Å². The Bertz CT molecular complexity index is 450. The zero-order chi connectivity index (χ0) is 12.5. The van der Waals surface area contributed by atoms with Crippen LogP contribution in [0.5, 0.6) is 0 Å². The van der Waals surface area contributed by atoms with E-state index in [9.17, 15) is 4.79 Å². The monoisotopic (exact) mass is 267 g/mol. The number of morpholine rings is 1. The van der Waals surface area contributed by atoms with Crippen LogP contribution in [-0.4, -0.2) is 32.2 Å². The van der Waals surface area contributed by atoms with Crippen LogP contribution in [0.25, 0.3) is 0 Å². The van der Waals surface area contributed by atoms with E-state index in [-0.39, 0.29) is 5.91 Å². The summed E-state index contributed by atoms with van der Waals surface area (Å²) in [5.41, 5.74) is 2.96. The van der Waals surface area contributed by atoms with Gasteiger partial charge in [0, 0.05) is 18.0 Å². The summed E-state index contributed by atoms with van der Waals surface area (Å²) < 4.78 is 5.35. The fourth-order valence-corrected chi connectivity index (χ4v) is 3.59. The summed E-state index contributed by atoms with van der Waals surface area (Å²) in [5.74, 6) is 5.73. The summed E-state index contributed by atoms with van der Waals surface area (Å²) in [5, 5.41) is 1.04. The molecule has 0 radical (unpaired) electrons. The van der Waals surface area contributed by atoms with Crippen LogP contribution in [0.1, 0.15) is 34.0 Å². The highest BCUT2D eigenvalue weighted by Gasteiger charge is 2.29. The number of thiophene rings is 1. The van der Waals surface area contributed by atoms with E-state index >= 15 is 0 Å². The molecule has 6 heteroatoms. The molecule has 0 spiro atoms. The van der Waals surface area contributed by atoms with Crippen molar-refractivity contribution in [2.45, 2.75) is 18.8 Å². The standard InChI is InChI=1S/C12H17N3O2S/c13-14-11(16)9-7-10(8-1-2-8)18-12(9)15-3-5-17-6-4-15/h7-8H,1-6,13H2,(H,14,16). The van der Waals surface area contributed by atoms with E-state index < -0.39 is 0 Å². The van der Waals surface area contributed by atoms with Gasteiger partial charge in [-0.1, -0.05) is 0 Å². The SMILES string of the molecule is NNC(=O)c1cc(C2CC2)sc1N1CCOCC1. The van der Waals surface area contributed by atoms with Crippen LogP contribution in [0.2, 0.25) is 0 Å². The second-order valence-electron chi connectivity index (χ2n) is 4.71. The van der Waals surface area contributed by atoms with Crippen LogP contribution in [0, 0.1) is 0 Å². The molecule has 2 fully saturated rings. The normalized spacial score (nSPS) is 19.9. The van der Waals surface area contributed by atoms with E-state index in [0.29, 0.717) is 11.5 Å². The highest BCUT2D eigenvalue weighted by Crippen LogP contribution is 2.46. The summed E-state index contributed by atoms with van der Waals surface area (Å²) in [6.45, 7) is 3.13. The maximum absolute atomic E-state index is 11.8. The predicted octanol–water partition coefficient (Wildman–Crippen LogP) is 1.07. The summed E-state index contributed by atoms with van der Waals surface area (Å²) in [7, 11) is 0. The fraction of sp³-hybridized carbons (Fsp3) is 0.583. The molecule has 1 aromatic heterocycles. The van der Waals surface area contributed by atoms with Gasteiger partial charge >= 0.3 is 0 Å². The molecule has 1 aromatic rings. The van der Waals surface area contributed by atoms with Crippen LogP contribution < -0.4 is 16.2 Å².